The fourth-order valence-electron chi connectivity index (χ4n) is 2.19. The molecule has 0 bridgehead atoms. The Hall–Kier alpha value is -1.78. The fraction of sp³-hybridized carbons (Fsp3) is 0.286. The molecule has 2 aromatic rings. The molecule has 0 spiro atoms. The van der Waals surface area contributed by atoms with Gasteiger partial charge in [-0.05, 0) is 16.9 Å². The Kier molecular flexibility index (Phi) is 5.60. The van der Waals surface area contributed by atoms with Crippen LogP contribution in [0, 0.1) is 0 Å². The zero-order chi connectivity index (χ0) is 20.0. The monoisotopic (exact) mass is 429 g/mol. The van der Waals surface area contributed by atoms with Crippen molar-refractivity contribution in [1.29, 1.82) is 0 Å². The molecule has 0 fully saturated rings. The molecular weight excluding hydrogens is 416 g/mol. The topological polar surface area (TPSA) is 84.2 Å². The van der Waals surface area contributed by atoms with E-state index in [1.807, 2.05) is 0 Å². The van der Waals surface area contributed by atoms with Gasteiger partial charge >= 0.3 is 6.18 Å². The third kappa shape index (κ3) is 3.67. The van der Waals surface area contributed by atoms with Crippen LogP contribution >= 0.6 is 23.2 Å². The number of nitrogen functional groups attached to an aromatic ring is 1. The zero-order valence-corrected chi connectivity index (χ0v) is 16.1. The van der Waals surface area contributed by atoms with E-state index < -0.39 is 22.5 Å². The van der Waals surface area contributed by atoms with Gasteiger partial charge in [-0.25, -0.2) is 4.68 Å². The third-order valence-electron chi connectivity index (χ3n) is 3.55. The van der Waals surface area contributed by atoms with Crippen molar-refractivity contribution in [3.05, 3.63) is 33.4 Å². The molecule has 1 heterocycles. The van der Waals surface area contributed by atoms with Crippen LogP contribution in [0.2, 0.25) is 10.0 Å². The lowest BCUT2D eigenvalue weighted by molar-refractivity contribution is -0.754. The van der Waals surface area contributed by atoms with E-state index in [1.54, 1.807) is 0 Å². The van der Waals surface area contributed by atoms with Gasteiger partial charge in [0.2, 0.25) is 0 Å². The molecule has 1 aromatic heterocycles. The summed E-state index contributed by atoms with van der Waals surface area (Å²) in [4.78, 5) is 0.0930. The lowest BCUT2D eigenvalue weighted by atomic mass is 10.2. The van der Waals surface area contributed by atoms with Gasteiger partial charge in [0.15, 0.2) is 12.7 Å². The maximum atomic E-state index is 12.9. The van der Waals surface area contributed by atoms with E-state index >= 15 is 0 Å². The molecule has 0 aliphatic heterocycles. The number of nitrogens with two attached hydrogens (primary N) is 1. The summed E-state index contributed by atoms with van der Waals surface area (Å²) >= 11 is 12.0. The van der Waals surface area contributed by atoms with Crippen molar-refractivity contribution in [3.63, 3.8) is 0 Å². The van der Waals surface area contributed by atoms with Crippen LogP contribution in [0.5, 0.6) is 0 Å². The Balaban J connectivity index is 2.81. The van der Waals surface area contributed by atoms with E-state index in [2.05, 4.69) is 5.10 Å². The molecule has 0 radical (unpaired) electrons. The van der Waals surface area contributed by atoms with Gasteiger partial charge in [0.25, 0.3) is 5.71 Å². The molecule has 2 rings (SSSR count). The van der Waals surface area contributed by atoms with Crippen molar-refractivity contribution < 1.29 is 27.3 Å². The van der Waals surface area contributed by atoms with Crippen molar-refractivity contribution in [2.75, 3.05) is 19.0 Å². The minimum absolute atomic E-state index is 0.0924. The highest BCUT2D eigenvalue weighted by atomic mass is 35.5. The molecule has 0 aliphatic rings. The molecule has 26 heavy (non-hydrogen) atoms. The zero-order valence-electron chi connectivity index (χ0n) is 13.7. The molecule has 0 saturated heterocycles. The van der Waals surface area contributed by atoms with E-state index in [1.165, 1.54) is 20.2 Å². The van der Waals surface area contributed by atoms with Crippen LogP contribution in [-0.2, 0) is 17.0 Å². The van der Waals surface area contributed by atoms with Crippen molar-refractivity contribution >= 4 is 45.5 Å². The van der Waals surface area contributed by atoms with Gasteiger partial charge in [-0.1, -0.05) is 23.2 Å². The Labute approximate surface area is 159 Å². The van der Waals surface area contributed by atoms with Crippen LogP contribution in [-0.4, -0.2) is 43.0 Å². The van der Waals surface area contributed by atoms with E-state index in [9.17, 15) is 22.6 Å². The van der Waals surface area contributed by atoms with Crippen LogP contribution < -0.4 is 5.73 Å². The Morgan fingerprint density at radius 2 is 1.85 bits per heavy atom. The van der Waals surface area contributed by atoms with Gasteiger partial charge in [0, 0.05) is 13.2 Å². The van der Waals surface area contributed by atoms with Crippen LogP contribution in [0.1, 0.15) is 18.2 Å². The number of hydroxylamine groups is 1. The average Bonchev–Trinajstić information content (AvgIpc) is 2.82. The summed E-state index contributed by atoms with van der Waals surface area (Å²) in [6.07, 6.45) is -3.28. The van der Waals surface area contributed by atoms with E-state index in [-0.39, 0.29) is 37.9 Å². The van der Waals surface area contributed by atoms with Crippen molar-refractivity contribution in [2.45, 2.75) is 18.0 Å². The molecule has 0 saturated carbocycles. The molecule has 0 amide bonds. The minimum Gasteiger partial charge on any atom is -0.383 e. The highest BCUT2D eigenvalue weighted by Crippen LogP contribution is 2.39. The van der Waals surface area contributed by atoms with Gasteiger partial charge in [-0.15, -0.1) is 0 Å². The minimum atomic E-state index is -4.63. The van der Waals surface area contributed by atoms with Gasteiger partial charge < -0.3 is 5.73 Å². The maximum Gasteiger partial charge on any atom is 0.416 e. The summed E-state index contributed by atoms with van der Waals surface area (Å²) in [7, 11) is -0.283. The number of benzene rings is 1. The summed E-state index contributed by atoms with van der Waals surface area (Å²) in [6, 6.07) is 1.39. The first-order valence-electron chi connectivity index (χ1n) is 6.91. The molecular formula is C14H14Cl2F3N4O2S+. The number of rotatable bonds is 3. The number of nitrogens with zero attached hydrogens (tertiary/aromatic N) is 3. The highest BCUT2D eigenvalue weighted by molar-refractivity contribution is 7.84. The Morgan fingerprint density at radius 1 is 1.35 bits per heavy atom. The molecule has 12 heteroatoms. The number of aromatic nitrogens is 2. The first-order chi connectivity index (χ1) is 11.9. The Bertz CT molecular complexity index is 914. The largest absolute Gasteiger partial charge is 0.416 e. The third-order valence-corrected chi connectivity index (χ3v) is 5.10. The fourth-order valence-corrected chi connectivity index (χ4v) is 3.68. The number of alkyl halides is 3. The molecule has 6 nitrogen and oxygen atoms in total. The molecule has 1 aromatic carbocycles. The van der Waals surface area contributed by atoms with Crippen LogP contribution in [0.15, 0.2) is 17.0 Å². The van der Waals surface area contributed by atoms with Gasteiger partial charge in [-0.2, -0.15) is 18.3 Å². The standard InChI is InChI=1S/C14H14Cl2F3N4O2S/c1-6(22(2)24)10-12(26(3)25)13(20)23(21-10)11-8(15)4-7(5-9(11)16)14(17,18)19/h4-5,24H,20H2,1-3H3/q+1. The van der Waals surface area contributed by atoms with Gasteiger partial charge in [-0.3, -0.25) is 9.42 Å². The molecule has 142 valence electrons. The van der Waals surface area contributed by atoms with Crippen molar-refractivity contribution in [3.8, 4) is 5.69 Å². The number of hydrogen-bond acceptors (Lipinski definition) is 4. The summed E-state index contributed by atoms with van der Waals surface area (Å²) in [5, 5.41) is 13.1. The maximum absolute atomic E-state index is 12.9. The second-order valence-corrected chi connectivity index (χ2v) is 7.46. The van der Waals surface area contributed by atoms with Crippen molar-refractivity contribution in [2.24, 2.45) is 0 Å². The highest BCUT2D eigenvalue weighted by Gasteiger charge is 2.33. The summed E-state index contributed by atoms with van der Waals surface area (Å²) < 4.78 is 52.5. The van der Waals surface area contributed by atoms with Crippen molar-refractivity contribution in [1.82, 2.24) is 9.78 Å². The summed E-state index contributed by atoms with van der Waals surface area (Å²) in [6.45, 7) is 1.50. The number of anilines is 1. The molecule has 3 N–H and O–H groups in total. The van der Waals surface area contributed by atoms with E-state index in [0.29, 0.717) is 12.1 Å². The smallest absolute Gasteiger partial charge is 0.383 e. The van der Waals surface area contributed by atoms with Crippen LogP contribution in [0.3, 0.4) is 0 Å². The van der Waals surface area contributed by atoms with Gasteiger partial charge in [0.05, 0.1) is 26.4 Å². The lowest BCUT2D eigenvalue weighted by Gasteiger charge is -2.13. The summed E-state index contributed by atoms with van der Waals surface area (Å²) in [5.41, 5.74) is 5.19. The normalized spacial score (nSPS) is 14.3. The Morgan fingerprint density at radius 3 is 2.23 bits per heavy atom. The van der Waals surface area contributed by atoms with Gasteiger partial charge in [0.1, 0.15) is 16.4 Å². The number of halogens is 5. The van der Waals surface area contributed by atoms with E-state index in [0.717, 1.165) is 9.42 Å². The number of hydrogen-bond donors (Lipinski definition) is 2. The summed E-state index contributed by atoms with van der Waals surface area (Å²) in [5.74, 6) is -0.120. The first-order valence-corrected chi connectivity index (χ1v) is 9.22. The second-order valence-electron chi connectivity index (χ2n) is 5.32. The first kappa shape index (κ1) is 20.5. The SMILES string of the molecule is CC(c1nn(-c2c(Cl)cc(C(F)(F)F)cc2Cl)c(N)c1S(C)=O)=[N+](C)O. The van der Waals surface area contributed by atoms with Crippen LogP contribution in [0.25, 0.3) is 5.69 Å². The molecule has 1 unspecified atom stereocenters. The lowest BCUT2D eigenvalue weighted by Crippen LogP contribution is -2.14. The predicted octanol–water partition coefficient (Wildman–Crippen LogP) is 3.36. The van der Waals surface area contributed by atoms with E-state index in [4.69, 9.17) is 28.9 Å². The molecule has 1 atom stereocenters. The quantitative estimate of drug-likeness (QED) is 0.339. The molecule has 0 aliphatic carbocycles. The average molecular weight is 430 g/mol. The van der Waals surface area contributed by atoms with Crippen LogP contribution in [0.4, 0.5) is 19.0 Å². The second kappa shape index (κ2) is 7.09. The predicted molar refractivity (Wildman–Crippen MR) is 93.1 cm³/mol.